The van der Waals surface area contributed by atoms with Crippen molar-refractivity contribution >= 4 is 40.9 Å². The zero-order valence-corrected chi connectivity index (χ0v) is 16.7. The SMILES string of the molecule is Cc1ccc(NC(=O)CSC(C)C(=O)NC(C)c2ccccc2Cl)cc1. The molecular formula is C20H23ClN2O2S. The number of halogens is 1. The van der Waals surface area contributed by atoms with E-state index < -0.39 is 0 Å². The first kappa shape index (κ1) is 20.3. The molecule has 0 aliphatic rings. The second-order valence-corrected chi connectivity index (χ2v) is 7.86. The molecule has 26 heavy (non-hydrogen) atoms. The number of benzene rings is 2. The predicted molar refractivity (Wildman–Crippen MR) is 110 cm³/mol. The van der Waals surface area contributed by atoms with Crippen LogP contribution in [0.4, 0.5) is 5.69 Å². The molecule has 2 amide bonds. The van der Waals surface area contributed by atoms with Crippen LogP contribution < -0.4 is 10.6 Å². The lowest BCUT2D eigenvalue weighted by Crippen LogP contribution is -2.34. The first-order valence-electron chi connectivity index (χ1n) is 8.39. The van der Waals surface area contributed by atoms with Crippen molar-refractivity contribution < 1.29 is 9.59 Å². The number of hydrogen-bond donors (Lipinski definition) is 2. The molecule has 2 rings (SSSR count). The van der Waals surface area contributed by atoms with Gasteiger partial charge in [-0.2, -0.15) is 0 Å². The van der Waals surface area contributed by atoms with Crippen LogP contribution in [0.1, 0.15) is 31.0 Å². The van der Waals surface area contributed by atoms with Crippen LogP contribution in [0, 0.1) is 6.92 Å². The molecule has 0 saturated carbocycles. The summed E-state index contributed by atoms with van der Waals surface area (Å²) in [7, 11) is 0. The van der Waals surface area contributed by atoms with E-state index in [2.05, 4.69) is 10.6 Å². The van der Waals surface area contributed by atoms with Crippen LogP contribution >= 0.6 is 23.4 Å². The molecule has 2 atom stereocenters. The molecule has 0 bridgehead atoms. The average Bonchev–Trinajstić information content (AvgIpc) is 2.61. The molecule has 0 heterocycles. The topological polar surface area (TPSA) is 58.2 Å². The Kier molecular flexibility index (Phi) is 7.54. The molecule has 6 heteroatoms. The second kappa shape index (κ2) is 9.64. The van der Waals surface area contributed by atoms with Crippen LogP contribution in [0.3, 0.4) is 0 Å². The van der Waals surface area contributed by atoms with Crippen LogP contribution in [0.2, 0.25) is 5.02 Å². The molecule has 2 N–H and O–H groups in total. The summed E-state index contributed by atoms with van der Waals surface area (Å²) in [5.74, 6) is -0.0358. The lowest BCUT2D eigenvalue weighted by molar-refractivity contribution is -0.120. The number of carbonyl (C=O) groups is 2. The molecule has 0 aliphatic carbocycles. The Morgan fingerprint density at radius 2 is 1.73 bits per heavy atom. The monoisotopic (exact) mass is 390 g/mol. The van der Waals surface area contributed by atoms with Crippen LogP contribution in [-0.2, 0) is 9.59 Å². The van der Waals surface area contributed by atoms with Gasteiger partial charge in [0.25, 0.3) is 0 Å². The summed E-state index contributed by atoms with van der Waals surface area (Å²) < 4.78 is 0. The van der Waals surface area contributed by atoms with Gasteiger partial charge in [0.2, 0.25) is 11.8 Å². The molecule has 0 spiro atoms. The maximum Gasteiger partial charge on any atom is 0.234 e. The van der Waals surface area contributed by atoms with Crippen molar-refractivity contribution in [3.05, 3.63) is 64.7 Å². The van der Waals surface area contributed by atoms with E-state index in [0.29, 0.717) is 5.02 Å². The minimum Gasteiger partial charge on any atom is -0.349 e. The van der Waals surface area contributed by atoms with E-state index in [4.69, 9.17) is 11.6 Å². The average molecular weight is 391 g/mol. The molecule has 4 nitrogen and oxygen atoms in total. The summed E-state index contributed by atoms with van der Waals surface area (Å²) >= 11 is 7.46. The lowest BCUT2D eigenvalue weighted by atomic mass is 10.1. The molecule has 0 aromatic heterocycles. The molecule has 0 radical (unpaired) electrons. The van der Waals surface area contributed by atoms with Crippen molar-refractivity contribution in [2.45, 2.75) is 32.1 Å². The molecule has 2 aromatic carbocycles. The van der Waals surface area contributed by atoms with Gasteiger partial charge in [-0.3, -0.25) is 9.59 Å². The fourth-order valence-corrected chi connectivity index (χ4v) is 3.34. The molecule has 2 aromatic rings. The zero-order valence-electron chi connectivity index (χ0n) is 15.1. The number of anilines is 1. The number of aryl methyl sites for hydroxylation is 1. The molecule has 2 unspecified atom stereocenters. The molecule has 138 valence electrons. The first-order chi connectivity index (χ1) is 12.4. The van der Waals surface area contributed by atoms with E-state index in [1.165, 1.54) is 11.8 Å². The molecule has 0 saturated heterocycles. The van der Waals surface area contributed by atoms with E-state index >= 15 is 0 Å². The van der Waals surface area contributed by atoms with Crippen molar-refractivity contribution in [2.24, 2.45) is 0 Å². The Morgan fingerprint density at radius 3 is 2.38 bits per heavy atom. The van der Waals surface area contributed by atoms with E-state index in [-0.39, 0.29) is 28.9 Å². The number of carbonyl (C=O) groups excluding carboxylic acids is 2. The van der Waals surface area contributed by atoms with Crippen LogP contribution in [-0.4, -0.2) is 22.8 Å². The van der Waals surface area contributed by atoms with E-state index in [1.54, 1.807) is 13.0 Å². The van der Waals surface area contributed by atoms with Crippen molar-refractivity contribution in [3.8, 4) is 0 Å². The summed E-state index contributed by atoms with van der Waals surface area (Å²) in [6.45, 7) is 5.67. The highest BCUT2D eigenvalue weighted by atomic mass is 35.5. The van der Waals surface area contributed by atoms with Crippen LogP contribution in [0.25, 0.3) is 0 Å². The van der Waals surface area contributed by atoms with Crippen molar-refractivity contribution in [1.82, 2.24) is 5.32 Å². The van der Waals surface area contributed by atoms with Crippen LogP contribution in [0.15, 0.2) is 48.5 Å². The van der Waals surface area contributed by atoms with Gasteiger partial charge in [0, 0.05) is 10.7 Å². The number of thioether (sulfide) groups is 1. The maximum atomic E-state index is 12.3. The third kappa shape index (κ3) is 6.07. The van der Waals surface area contributed by atoms with Gasteiger partial charge in [-0.25, -0.2) is 0 Å². The van der Waals surface area contributed by atoms with Gasteiger partial charge >= 0.3 is 0 Å². The van der Waals surface area contributed by atoms with Crippen molar-refractivity contribution in [2.75, 3.05) is 11.1 Å². The first-order valence-corrected chi connectivity index (χ1v) is 9.82. The minimum atomic E-state index is -0.344. The highest BCUT2D eigenvalue weighted by molar-refractivity contribution is 8.01. The summed E-state index contributed by atoms with van der Waals surface area (Å²) in [6.07, 6.45) is 0. The zero-order chi connectivity index (χ0) is 19.1. The fraction of sp³-hybridized carbons (Fsp3) is 0.300. The Morgan fingerprint density at radius 1 is 1.08 bits per heavy atom. The van der Waals surface area contributed by atoms with Crippen molar-refractivity contribution in [1.29, 1.82) is 0 Å². The lowest BCUT2D eigenvalue weighted by Gasteiger charge is -2.18. The van der Waals surface area contributed by atoms with Crippen molar-refractivity contribution in [3.63, 3.8) is 0 Å². The summed E-state index contributed by atoms with van der Waals surface area (Å²) in [5, 5.41) is 6.05. The fourth-order valence-electron chi connectivity index (χ4n) is 2.35. The Hall–Kier alpha value is -1.98. The highest BCUT2D eigenvalue weighted by Crippen LogP contribution is 2.23. The minimum absolute atomic E-state index is 0.120. The maximum absolute atomic E-state index is 12.3. The smallest absolute Gasteiger partial charge is 0.234 e. The van der Waals surface area contributed by atoms with E-state index in [1.807, 2.05) is 56.3 Å². The predicted octanol–water partition coefficient (Wildman–Crippen LogP) is 4.59. The van der Waals surface area contributed by atoms with Crippen LogP contribution in [0.5, 0.6) is 0 Å². The van der Waals surface area contributed by atoms with Gasteiger partial charge < -0.3 is 10.6 Å². The second-order valence-electron chi connectivity index (χ2n) is 6.12. The van der Waals surface area contributed by atoms with E-state index in [9.17, 15) is 9.59 Å². The van der Waals surface area contributed by atoms with Gasteiger partial charge in [0.15, 0.2) is 0 Å². The third-order valence-electron chi connectivity index (χ3n) is 3.90. The van der Waals surface area contributed by atoms with E-state index in [0.717, 1.165) is 16.8 Å². The normalized spacial score (nSPS) is 12.9. The van der Waals surface area contributed by atoms with Gasteiger partial charge in [0.05, 0.1) is 17.0 Å². The molecule has 0 fully saturated rings. The van der Waals surface area contributed by atoms with Gasteiger partial charge in [-0.1, -0.05) is 47.5 Å². The Bertz CT molecular complexity index is 765. The summed E-state index contributed by atoms with van der Waals surface area (Å²) in [5.41, 5.74) is 2.76. The molecular weight excluding hydrogens is 368 g/mol. The van der Waals surface area contributed by atoms with Gasteiger partial charge in [-0.05, 0) is 44.5 Å². The standard InChI is InChI=1S/C20H23ClN2O2S/c1-13-8-10-16(11-9-13)23-19(24)12-26-15(3)20(25)22-14(2)17-6-4-5-7-18(17)21/h4-11,14-15H,12H2,1-3H3,(H,22,25)(H,23,24). The third-order valence-corrected chi connectivity index (χ3v) is 5.39. The van der Waals surface area contributed by atoms with Gasteiger partial charge in [0.1, 0.15) is 0 Å². The highest BCUT2D eigenvalue weighted by Gasteiger charge is 2.19. The number of amides is 2. The number of rotatable bonds is 7. The summed E-state index contributed by atoms with van der Waals surface area (Å²) in [6, 6.07) is 14.8. The Balaban J connectivity index is 1.80. The molecule has 0 aliphatic heterocycles. The Labute approximate surface area is 163 Å². The number of hydrogen-bond acceptors (Lipinski definition) is 3. The summed E-state index contributed by atoms with van der Waals surface area (Å²) in [4.78, 5) is 24.4. The van der Waals surface area contributed by atoms with Gasteiger partial charge in [-0.15, -0.1) is 11.8 Å². The largest absolute Gasteiger partial charge is 0.349 e. The number of nitrogens with one attached hydrogen (secondary N) is 2. The quantitative estimate of drug-likeness (QED) is 0.727.